The van der Waals surface area contributed by atoms with E-state index in [2.05, 4.69) is 15.4 Å². The Labute approximate surface area is 198 Å². The van der Waals surface area contributed by atoms with E-state index < -0.39 is 15.9 Å². The summed E-state index contributed by atoms with van der Waals surface area (Å²) in [5.41, 5.74) is 1.05. The number of sulfonamides is 1. The highest BCUT2D eigenvalue weighted by atomic mass is 35.5. The van der Waals surface area contributed by atoms with Crippen molar-refractivity contribution in [3.05, 3.63) is 88.9 Å². The van der Waals surface area contributed by atoms with Gasteiger partial charge in [0.05, 0.1) is 16.3 Å². The third-order valence-electron chi connectivity index (χ3n) is 4.92. The Morgan fingerprint density at radius 1 is 0.939 bits per heavy atom. The first kappa shape index (κ1) is 24.3. The molecule has 0 fully saturated rings. The van der Waals surface area contributed by atoms with Crippen LogP contribution >= 0.6 is 11.6 Å². The van der Waals surface area contributed by atoms with Crippen molar-refractivity contribution in [1.82, 2.24) is 5.32 Å². The van der Waals surface area contributed by atoms with Crippen molar-refractivity contribution in [2.75, 3.05) is 10.0 Å². The highest BCUT2D eigenvalue weighted by Gasteiger charge is 2.21. The molecular formula is C24H24ClN3O4S. The molecule has 0 unspecified atom stereocenters. The molecule has 0 spiro atoms. The standard InChI is InChI=1S/C24H24ClN3O4S/c1-3-16(2)26-24(30)19-11-7-8-12-21(19)27-23(29)17-13-14-20(25)22(15-17)33(31,32)28-18-9-5-4-6-10-18/h4-16,28H,3H2,1-2H3,(H,26,30)(H,27,29)/t16-/m1/s1. The quantitative estimate of drug-likeness (QED) is 0.421. The van der Waals surface area contributed by atoms with Gasteiger partial charge in [0.25, 0.3) is 21.8 Å². The number of hydrogen-bond donors (Lipinski definition) is 3. The van der Waals surface area contributed by atoms with Crippen LogP contribution in [0.3, 0.4) is 0 Å². The highest BCUT2D eigenvalue weighted by Crippen LogP contribution is 2.26. The first-order chi connectivity index (χ1) is 15.7. The zero-order valence-corrected chi connectivity index (χ0v) is 19.7. The van der Waals surface area contributed by atoms with Gasteiger partial charge in [0.1, 0.15) is 4.90 Å². The van der Waals surface area contributed by atoms with E-state index in [0.29, 0.717) is 16.9 Å². The summed E-state index contributed by atoms with van der Waals surface area (Å²) in [4.78, 5) is 25.3. The molecule has 0 aliphatic carbocycles. The summed E-state index contributed by atoms with van der Waals surface area (Å²) in [6, 6.07) is 18.9. The zero-order valence-electron chi connectivity index (χ0n) is 18.1. The lowest BCUT2D eigenvalue weighted by molar-refractivity contribution is 0.0940. The van der Waals surface area contributed by atoms with Crippen LogP contribution in [0.5, 0.6) is 0 Å². The Morgan fingerprint density at radius 2 is 1.61 bits per heavy atom. The fraction of sp³-hybridized carbons (Fsp3) is 0.167. The van der Waals surface area contributed by atoms with Crippen LogP contribution in [0.25, 0.3) is 0 Å². The molecule has 0 aliphatic rings. The number of carbonyl (C=O) groups excluding carboxylic acids is 2. The van der Waals surface area contributed by atoms with Crippen molar-refractivity contribution in [1.29, 1.82) is 0 Å². The molecule has 0 bridgehead atoms. The van der Waals surface area contributed by atoms with Crippen molar-refractivity contribution in [3.63, 3.8) is 0 Å². The second kappa shape index (κ2) is 10.5. The molecule has 3 aromatic rings. The predicted octanol–water partition coefficient (Wildman–Crippen LogP) is 4.92. The van der Waals surface area contributed by atoms with Crippen LogP contribution in [-0.2, 0) is 10.0 Å². The van der Waals surface area contributed by atoms with Crippen LogP contribution in [0.4, 0.5) is 11.4 Å². The van der Waals surface area contributed by atoms with Crippen molar-refractivity contribution in [2.45, 2.75) is 31.2 Å². The summed E-state index contributed by atoms with van der Waals surface area (Å²) in [5.74, 6) is -0.890. The lowest BCUT2D eigenvalue weighted by atomic mass is 10.1. The molecule has 2 amide bonds. The van der Waals surface area contributed by atoms with Gasteiger partial charge in [0.2, 0.25) is 0 Å². The minimum Gasteiger partial charge on any atom is -0.350 e. The maximum atomic E-state index is 12.9. The van der Waals surface area contributed by atoms with Gasteiger partial charge in [0, 0.05) is 17.3 Å². The Balaban J connectivity index is 1.86. The summed E-state index contributed by atoms with van der Waals surface area (Å²) in [6.45, 7) is 3.84. The topological polar surface area (TPSA) is 104 Å². The second-order valence-electron chi connectivity index (χ2n) is 7.40. The smallest absolute Gasteiger partial charge is 0.263 e. The third-order valence-corrected chi connectivity index (χ3v) is 6.78. The molecule has 3 aromatic carbocycles. The Morgan fingerprint density at radius 3 is 2.30 bits per heavy atom. The number of para-hydroxylation sites is 2. The van der Waals surface area contributed by atoms with E-state index in [1.165, 1.54) is 18.2 Å². The van der Waals surface area contributed by atoms with Crippen LogP contribution in [0.2, 0.25) is 5.02 Å². The normalized spacial score (nSPS) is 12.0. The summed E-state index contributed by atoms with van der Waals surface area (Å²) in [5, 5.41) is 5.53. The van der Waals surface area contributed by atoms with Gasteiger partial charge in [-0.3, -0.25) is 14.3 Å². The van der Waals surface area contributed by atoms with Gasteiger partial charge >= 0.3 is 0 Å². The van der Waals surface area contributed by atoms with Crippen molar-refractivity contribution in [2.24, 2.45) is 0 Å². The molecular weight excluding hydrogens is 462 g/mol. The number of amides is 2. The molecule has 0 saturated heterocycles. The molecule has 3 rings (SSSR count). The lowest BCUT2D eigenvalue weighted by Gasteiger charge is -2.15. The van der Waals surface area contributed by atoms with Gasteiger partial charge < -0.3 is 10.6 Å². The van der Waals surface area contributed by atoms with E-state index in [9.17, 15) is 18.0 Å². The molecule has 0 radical (unpaired) electrons. The van der Waals surface area contributed by atoms with Crippen LogP contribution in [-0.4, -0.2) is 26.3 Å². The summed E-state index contributed by atoms with van der Waals surface area (Å²) < 4.78 is 28.1. The van der Waals surface area contributed by atoms with Gasteiger partial charge in [-0.2, -0.15) is 0 Å². The monoisotopic (exact) mass is 485 g/mol. The van der Waals surface area contributed by atoms with Crippen molar-refractivity contribution < 1.29 is 18.0 Å². The summed E-state index contributed by atoms with van der Waals surface area (Å²) in [6.07, 6.45) is 0.763. The summed E-state index contributed by atoms with van der Waals surface area (Å²) >= 11 is 6.14. The fourth-order valence-corrected chi connectivity index (χ4v) is 4.54. The Kier molecular flexibility index (Phi) is 7.73. The van der Waals surface area contributed by atoms with Crippen molar-refractivity contribution in [3.8, 4) is 0 Å². The number of carbonyl (C=O) groups is 2. The average Bonchev–Trinajstić information content (AvgIpc) is 2.79. The Bertz CT molecular complexity index is 1260. The van der Waals surface area contributed by atoms with Crippen LogP contribution in [0.15, 0.2) is 77.7 Å². The molecule has 1 atom stereocenters. The predicted molar refractivity (Wildman–Crippen MR) is 130 cm³/mol. The van der Waals surface area contributed by atoms with Crippen LogP contribution in [0, 0.1) is 0 Å². The van der Waals surface area contributed by atoms with E-state index in [1.54, 1.807) is 54.6 Å². The zero-order chi connectivity index (χ0) is 24.0. The minimum absolute atomic E-state index is 0.0247. The van der Waals surface area contributed by atoms with Gasteiger partial charge in [-0.25, -0.2) is 8.42 Å². The first-order valence-corrected chi connectivity index (χ1v) is 12.2. The van der Waals surface area contributed by atoms with E-state index in [4.69, 9.17) is 11.6 Å². The van der Waals surface area contributed by atoms with Gasteiger partial charge in [-0.1, -0.05) is 48.9 Å². The fourth-order valence-electron chi connectivity index (χ4n) is 2.96. The minimum atomic E-state index is -4.04. The highest BCUT2D eigenvalue weighted by molar-refractivity contribution is 7.92. The molecule has 7 nitrogen and oxygen atoms in total. The Hall–Kier alpha value is -3.36. The number of halogens is 1. The van der Waals surface area contributed by atoms with Gasteiger partial charge in [-0.05, 0) is 55.8 Å². The maximum Gasteiger partial charge on any atom is 0.263 e. The molecule has 0 aromatic heterocycles. The van der Waals surface area contributed by atoms with Crippen LogP contribution < -0.4 is 15.4 Å². The SMILES string of the molecule is CC[C@@H](C)NC(=O)c1ccccc1NC(=O)c1ccc(Cl)c(S(=O)(=O)Nc2ccccc2)c1. The molecule has 0 saturated carbocycles. The third kappa shape index (κ3) is 6.12. The number of hydrogen-bond acceptors (Lipinski definition) is 4. The maximum absolute atomic E-state index is 12.9. The molecule has 33 heavy (non-hydrogen) atoms. The van der Waals surface area contributed by atoms with Gasteiger partial charge in [0.15, 0.2) is 0 Å². The second-order valence-corrected chi connectivity index (χ2v) is 9.46. The number of nitrogens with one attached hydrogen (secondary N) is 3. The number of anilines is 2. The van der Waals surface area contributed by atoms with Crippen LogP contribution in [0.1, 0.15) is 41.0 Å². The molecule has 9 heteroatoms. The van der Waals surface area contributed by atoms with Crippen molar-refractivity contribution >= 4 is 44.8 Å². The number of rotatable bonds is 8. The molecule has 0 aliphatic heterocycles. The van der Waals surface area contributed by atoms with E-state index in [-0.39, 0.29) is 27.4 Å². The summed E-state index contributed by atoms with van der Waals surface area (Å²) in [7, 11) is -4.04. The lowest BCUT2D eigenvalue weighted by Crippen LogP contribution is -2.32. The van der Waals surface area contributed by atoms with Gasteiger partial charge in [-0.15, -0.1) is 0 Å². The average molecular weight is 486 g/mol. The van der Waals surface area contributed by atoms with E-state index in [1.807, 2.05) is 13.8 Å². The molecule has 172 valence electrons. The molecule has 3 N–H and O–H groups in total. The largest absolute Gasteiger partial charge is 0.350 e. The van der Waals surface area contributed by atoms with E-state index >= 15 is 0 Å². The first-order valence-electron chi connectivity index (χ1n) is 10.3. The van der Waals surface area contributed by atoms with E-state index in [0.717, 1.165) is 6.42 Å². The molecule has 0 heterocycles. The number of benzene rings is 3.